The molecule has 1 aliphatic heterocycles. The third-order valence-electron chi connectivity index (χ3n) is 3.40. The molecule has 2 amide bonds. The van der Waals surface area contributed by atoms with Crippen LogP contribution in [0, 0.1) is 0 Å². The van der Waals surface area contributed by atoms with Gasteiger partial charge in [-0.1, -0.05) is 18.2 Å². The number of carbonyl (C=O) groups is 3. The summed E-state index contributed by atoms with van der Waals surface area (Å²) in [4.78, 5) is 37.7. The van der Waals surface area contributed by atoms with Crippen LogP contribution in [0.25, 0.3) is 0 Å². The Morgan fingerprint density at radius 3 is 2.87 bits per heavy atom. The molecule has 0 saturated carbocycles. The molecule has 0 aliphatic carbocycles. The molecule has 1 aromatic rings. The number of amides is 2. The number of carboxylic acid groups (broad SMARTS) is 1. The third kappa shape index (κ3) is 4.35. The SMILES string of the molecule is C=CCCC(NC(=O)CN1C(=O)CSc2ccccc21)C(=O)O. The monoisotopic (exact) mass is 334 g/mol. The predicted molar refractivity (Wildman–Crippen MR) is 88.5 cm³/mol. The third-order valence-corrected chi connectivity index (χ3v) is 4.45. The van der Waals surface area contributed by atoms with Crippen molar-refractivity contribution in [2.45, 2.75) is 23.8 Å². The number of hydrogen-bond donors (Lipinski definition) is 2. The number of hydrogen-bond acceptors (Lipinski definition) is 4. The first-order valence-electron chi connectivity index (χ1n) is 7.18. The first kappa shape index (κ1) is 17.1. The molecule has 122 valence electrons. The largest absolute Gasteiger partial charge is 0.480 e. The number of carbonyl (C=O) groups excluding carboxylic acids is 2. The van der Waals surface area contributed by atoms with Gasteiger partial charge in [0.25, 0.3) is 0 Å². The number of thioether (sulfide) groups is 1. The van der Waals surface area contributed by atoms with E-state index in [1.54, 1.807) is 18.2 Å². The fourth-order valence-corrected chi connectivity index (χ4v) is 3.19. The number of carboxylic acids is 1. The minimum absolute atomic E-state index is 0.165. The van der Waals surface area contributed by atoms with Crippen molar-refractivity contribution in [2.24, 2.45) is 0 Å². The Morgan fingerprint density at radius 1 is 1.43 bits per heavy atom. The van der Waals surface area contributed by atoms with Gasteiger partial charge >= 0.3 is 5.97 Å². The zero-order valence-corrected chi connectivity index (χ0v) is 13.3. The van der Waals surface area contributed by atoms with Gasteiger partial charge in [-0.15, -0.1) is 18.3 Å². The van der Waals surface area contributed by atoms with Gasteiger partial charge in [-0.25, -0.2) is 4.79 Å². The van der Waals surface area contributed by atoms with Gasteiger partial charge in [0.2, 0.25) is 11.8 Å². The molecule has 0 radical (unpaired) electrons. The molecular formula is C16H18N2O4S. The van der Waals surface area contributed by atoms with Crippen LogP contribution in [0.15, 0.2) is 41.8 Å². The Bertz CT molecular complexity index is 632. The molecule has 1 heterocycles. The average molecular weight is 334 g/mol. The van der Waals surface area contributed by atoms with Gasteiger partial charge in [0.05, 0.1) is 11.4 Å². The van der Waals surface area contributed by atoms with Crippen LogP contribution in [0.1, 0.15) is 12.8 Å². The maximum atomic E-state index is 12.1. The Labute approximate surface area is 138 Å². The van der Waals surface area contributed by atoms with Crippen molar-refractivity contribution >= 4 is 35.2 Å². The molecule has 1 aromatic carbocycles. The van der Waals surface area contributed by atoms with Crippen LogP contribution in [0.3, 0.4) is 0 Å². The molecule has 0 aromatic heterocycles. The van der Waals surface area contributed by atoms with E-state index in [4.69, 9.17) is 5.11 Å². The highest BCUT2D eigenvalue weighted by atomic mass is 32.2. The summed E-state index contributed by atoms with van der Waals surface area (Å²) in [5.41, 5.74) is 0.682. The highest BCUT2D eigenvalue weighted by Crippen LogP contribution is 2.34. The molecule has 1 aliphatic rings. The number of para-hydroxylation sites is 1. The predicted octanol–water partition coefficient (Wildman–Crippen LogP) is 1.66. The van der Waals surface area contributed by atoms with E-state index in [1.165, 1.54) is 16.7 Å². The summed E-state index contributed by atoms with van der Waals surface area (Å²) in [6, 6.07) is 6.36. The number of benzene rings is 1. The molecule has 0 saturated heterocycles. The van der Waals surface area contributed by atoms with E-state index in [2.05, 4.69) is 11.9 Å². The lowest BCUT2D eigenvalue weighted by Gasteiger charge is -2.28. The summed E-state index contributed by atoms with van der Waals surface area (Å²) in [6.07, 6.45) is 2.36. The molecule has 0 fully saturated rings. The van der Waals surface area contributed by atoms with E-state index < -0.39 is 17.9 Å². The molecule has 1 atom stereocenters. The van der Waals surface area contributed by atoms with Gasteiger partial charge in [-0.3, -0.25) is 9.59 Å². The molecule has 0 bridgehead atoms. The first-order valence-corrected chi connectivity index (χ1v) is 8.16. The van der Waals surface area contributed by atoms with Crippen molar-refractivity contribution in [1.82, 2.24) is 5.32 Å². The fourth-order valence-electron chi connectivity index (χ4n) is 2.25. The topological polar surface area (TPSA) is 86.7 Å². The van der Waals surface area contributed by atoms with Gasteiger partial charge in [-0.2, -0.15) is 0 Å². The smallest absolute Gasteiger partial charge is 0.326 e. The number of allylic oxidation sites excluding steroid dienone is 1. The Kier molecular flexibility index (Phi) is 5.81. The number of aliphatic carboxylic acids is 1. The van der Waals surface area contributed by atoms with Crippen molar-refractivity contribution in [2.75, 3.05) is 17.2 Å². The minimum Gasteiger partial charge on any atom is -0.480 e. The lowest BCUT2D eigenvalue weighted by atomic mass is 10.1. The fraction of sp³-hybridized carbons (Fsp3) is 0.312. The summed E-state index contributed by atoms with van der Waals surface area (Å²) in [7, 11) is 0. The zero-order chi connectivity index (χ0) is 16.8. The van der Waals surface area contributed by atoms with Crippen LogP contribution < -0.4 is 10.2 Å². The summed E-state index contributed by atoms with van der Waals surface area (Å²) < 4.78 is 0. The number of anilines is 1. The van der Waals surface area contributed by atoms with Gasteiger partial charge in [0, 0.05) is 4.90 Å². The molecule has 2 rings (SSSR count). The number of rotatable bonds is 7. The van der Waals surface area contributed by atoms with Crippen molar-refractivity contribution in [3.8, 4) is 0 Å². The molecule has 2 N–H and O–H groups in total. The number of fused-ring (bicyclic) bond motifs is 1. The number of nitrogens with one attached hydrogen (secondary N) is 1. The van der Waals surface area contributed by atoms with Crippen LogP contribution in [-0.2, 0) is 14.4 Å². The molecule has 7 heteroatoms. The first-order chi connectivity index (χ1) is 11.0. The van der Waals surface area contributed by atoms with Crippen LogP contribution in [0.4, 0.5) is 5.69 Å². The highest BCUT2D eigenvalue weighted by Gasteiger charge is 2.27. The van der Waals surface area contributed by atoms with E-state index >= 15 is 0 Å². The lowest BCUT2D eigenvalue weighted by Crippen LogP contribution is -2.48. The van der Waals surface area contributed by atoms with E-state index in [0.29, 0.717) is 12.1 Å². The van der Waals surface area contributed by atoms with Gasteiger partial charge < -0.3 is 15.3 Å². The molecule has 6 nitrogen and oxygen atoms in total. The Morgan fingerprint density at radius 2 is 2.17 bits per heavy atom. The lowest BCUT2D eigenvalue weighted by molar-refractivity contribution is -0.141. The number of nitrogens with zero attached hydrogens (tertiary/aromatic N) is 1. The maximum absolute atomic E-state index is 12.1. The van der Waals surface area contributed by atoms with E-state index in [1.807, 2.05) is 12.1 Å². The maximum Gasteiger partial charge on any atom is 0.326 e. The van der Waals surface area contributed by atoms with E-state index in [-0.39, 0.29) is 24.6 Å². The second-order valence-corrected chi connectivity index (χ2v) is 6.08. The summed E-state index contributed by atoms with van der Waals surface area (Å²) in [6.45, 7) is 3.35. The molecule has 0 spiro atoms. The van der Waals surface area contributed by atoms with Crippen molar-refractivity contribution in [3.63, 3.8) is 0 Å². The van der Waals surface area contributed by atoms with Gasteiger partial charge in [-0.05, 0) is 25.0 Å². The molecule has 1 unspecified atom stereocenters. The van der Waals surface area contributed by atoms with E-state index in [0.717, 1.165) is 4.90 Å². The Hall–Kier alpha value is -2.28. The molecule has 23 heavy (non-hydrogen) atoms. The average Bonchev–Trinajstić information content (AvgIpc) is 2.54. The van der Waals surface area contributed by atoms with Crippen LogP contribution in [-0.4, -0.2) is 41.2 Å². The van der Waals surface area contributed by atoms with Crippen molar-refractivity contribution < 1.29 is 19.5 Å². The normalized spacial score (nSPS) is 14.8. The van der Waals surface area contributed by atoms with Gasteiger partial charge in [0.15, 0.2) is 0 Å². The second kappa shape index (κ2) is 7.82. The summed E-state index contributed by atoms with van der Waals surface area (Å²) in [5.74, 6) is -1.48. The molecular weight excluding hydrogens is 316 g/mol. The summed E-state index contributed by atoms with van der Waals surface area (Å²) >= 11 is 1.43. The standard InChI is InChI=1S/C16H18N2O4S/c1-2-3-6-11(16(21)22)17-14(19)9-18-12-7-4-5-8-13(12)23-10-15(18)20/h2,4-5,7-8,11H,1,3,6,9-10H2,(H,17,19)(H,21,22). The second-order valence-electron chi connectivity index (χ2n) is 5.06. The van der Waals surface area contributed by atoms with E-state index in [9.17, 15) is 14.4 Å². The minimum atomic E-state index is -1.10. The zero-order valence-electron chi connectivity index (χ0n) is 12.5. The Balaban J connectivity index is 2.06. The summed E-state index contributed by atoms with van der Waals surface area (Å²) in [5, 5.41) is 11.6. The van der Waals surface area contributed by atoms with Crippen molar-refractivity contribution in [1.29, 1.82) is 0 Å². The van der Waals surface area contributed by atoms with Crippen LogP contribution >= 0.6 is 11.8 Å². The van der Waals surface area contributed by atoms with Crippen LogP contribution in [0.2, 0.25) is 0 Å². The van der Waals surface area contributed by atoms with Crippen LogP contribution in [0.5, 0.6) is 0 Å². The van der Waals surface area contributed by atoms with Crippen molar-refractivity contribution in [3.05, 3.63) is 36.9 Å². The van der Waals surface area contributed by atoms with Gasteiger partial charge in [0.1, 0.15) is 12.6 Å². The quantitative estimate of drug-likeness (QED) is 0.741. The highest BCUT2D eigenvalue weighted by molar-refractivity contribution is 8.00.